The minimum absolute atomic E-state index is 0. The Balaban J connectivity index is 0. The van der Waals surface area contributed by atoms with Crippen LogP contribution < -0.4 is 21.3 Å². The SMILES string of the molecule is COC(=O)NCCCC(=O)CC(COCCC(=O)NC(COCCC(=O)O)(COCCC(=O)O)COCCC(=O)O)(COCCC(=O)NC(COCCC(=O)O)(COCCC(=O)O)COCCC(=O)O)COCCC(=O)NC(COCCC(=O)O)(COCCC(=O)O)COCCC(=O)O.[V]. The van der Waals surface area contributed by atoms with Gasteiger partial charge in [-0.15, -0.1) is 0 Å². The van der Waals surface area contributed by atoms with E-state index in [0.29, 0.717) is 0 Å². The van der Waals surface area contributed by atoms with Crippen molar-refractivity contribution in [1.29, 1.82) is 0 Å². The average molecular weight is 1490 g/mol. The van der Waals surface area contributed by atoms with Gasteiger partial charge in [-0.25, -0.2) is 4.79 Å². The Morgan fingerprint density at radius 1 is 0.280 bits per heavy atom. The first-order chi connectivity index (χ1) is 46.9. The van der Waals surface area contributed by atoms with Crippen LogP contribution in [0, 0.1) is 5.41 Å². The van der Waals surface area contributed by atoms with E-state index in [-0.39, 0.29) is 97.4 Å². The molecule has 0 aliphatic carbocycles. The number of Topliss-reactive ketones (excluding diaryl/α,β-unsaturated/α-hetero) is 1. The fraction of sp³-hybridized carbons (Fsp3) is 0.763. The normalized spacial score (nSPS) is 11.6. The summed E-state index contributed by atoms with van der Waals surface area (Å²) in [5.74, 6) is -14.1. The first-order valence-corrected chi connectivity index (χ1v) is 31.1. The third-order valence-corrected chi connectivity index (χ3v) is 13.1. The number of aliphatic carboxylic acids is 9. The Kier molecular flexibility index (Phi) is 53.4. The Morgan fingerprint density at radius 3 is 0.660 bits per heavy atom. The van der Waals surface area contributed by atoms with Crippen LogP contribution in [0.15, 0.2) is 0 Å². The minimum atomic E-state index is -1.70. The van der Waals surface area contributed by atoms with Crippen LogP contribution in [-0.2, 0) is 142 Å². The Morgan fingerprint density at radius 2 is 0.470 bits per heavy atom. The molecule has 41 heteroatoms. The van der Waals surface area contributed by atoms with Crippen molar-refractivity contribution in [3.8, 4) is 0 Å². The average Bonchev–Trinajstić information content (AvgIpc) is 0.876. The maximum Gasteiger partial charge on any atom is 0.406 e. The summed E-state index contributed by atoms with van der Waals surface area (Å²) in [6, 6.07) is 0. The molecule has 0 unspecified atom stereocenters. The molecule has 0 aromatic carbocycles. The number of alkyl carbamates (subject to hydrolysis) is 1. The molecule has 1 radical (unpaired) electrons. The summed E-state index contributed by atoms with van der Waals surface area (Å²) in [7, 11) is 1.12. The zero-order valence-corrected chi connectivity index (χ0v) is 57.2. The number of carboxylic acid groups (broad SMARTS) is 9. The van der Waals surface area contributed by atoms with Crippen LogP contribution in [0.1, 0.15) is 96.3 Å². The first-order valence-electron chi connectivity index (χ1n) is 31.1. The minimum Gasteiger partial charge on any atom is -0.481 e. The van der Waals surface area contributed by atoms with E-state index in [1.165, 1.54) is 0 Å². The third kappa shape index (κ3) is 52.7. The van der Waals surface area contributed by atoms with Crippen molar-refractivity contribution in [2.45, 2.75) is 113 Å². The molecule has 0 aliphatic heterocycles. The molecule has 0 heterocycles. The quantitative estimate of drug-likeness (QED) is 0.0301. The molecule has 0 aromatic rings. The van der Waals surface area contributed by atoms with E-state index >= 15 is 0 Å². The van der Waals surface area contributed by atoms with Gasteiger partial charge in [-0.2, -0.15) is 0 Å². The molecule has 0 fully saturated rings. The van der Waals surface area contributed by atoms with E-state index in [4.69, 9.17) is 56.8 Å². The van der Waals surface area contributed by atoms with Crippen LogP contribution in [0.3, 0.4) is 0 Å². The van der Waals surface area contributed by atoms with E-state index in [9.17, 15) is 113 Å². The molecule has 0 spiro atoms. The smallest absolute Gasteiger partial charge is 0.406 e. The monoisotopic (exact) mass is 1490 g/mol. The maximum atomic E-state index is 14.1. The van der Waals surface area contributed by atoms with Gasteiger partial charge in [0.1, 0.15) is 22.4 Å². The zero-order chi connectivity index (χ0) is 74.4. The molecule has 0 aliphatic rings. The van der Waals surface area contributed by atoms with E-state index in [2.05, 4.69) is 26.0 Å². The Bertz CT molecular complexity index is 2090. The molecular weight excluding hydrogens is 1390 g/mol. The van der Waals surface area contributed by atoms with Gasteiger partial charge in [-0.3, -0.25) is 62.3 Å². The molecule has 40 nitrogen and oxygen atoms in total. The van der Waals surface area contributed by atoms with Crippen LogP contribution in [0.2, 0.25) is 0 Å². The number of rotatable bonds is 69. The molecule has 0 bridgehead atoms. The maximum absolute atomic E-state index is 14.1. The topological polar surface area (TPSA) is 589 Å². The van der Waals surface area contributed by atoms with Crippen LogP contribution in [0.25, 0.3) is 0 Å². The molecule has 0 saturated carbocycles. The summed E-state index contributed by atoms with van der Waals surface area (Å²) in [6.45, 7) is -11.0. The summed E-state index contributed by atoms with van der Waals surface area (Å²) in [5.41, 5.74) is -6.74. The summed E-state index contributed by atoms with van der Waals surface area (Å²) >= 11 is 0. The van der Waals surface area contributed by atoms with Crippen LogP contribution in [0.4, 0.5) is 4.79 Å². The standard InChI is InChI=1S/C59H96N4O36.V/c1-87-55(86)60-16-2-3-42(64)29-56(30-88-17-4-43(65)61-57(33-91-20-7-46(68)69,34-92-21-8-47(70)71)35-93-22-9-48(72)73,31-89-18-5-44(66)62-58(36-94-23-10-49(74)75,37-95-24-11-50(76)77)38-96-25-12-51(78)79)32-90-19-6-45(67)63-59(39-97-26-13-52(80)81,40-98-27-14-53(82)83)41-99-28-15-54(84)85;/h2-41H2,1H3,(H,60,86)(H,61,65)(H,62,66)(H,63,67)(H,68,69)(H,70,71)(H,72,73)(H,74,75)(H,76,77)(H,78,79)(H,80,81)(H,82,83)(H,84,85);. The molecule has 0 saturated heterocycles. The van der Waals surface area contributed by atoms with Crippen molar-refractivity contribution < 1.29 is 193 Å². The zero-order valence-electron chi connectivity index (χ0n) is 55.8. The molecule has 0 rings (SSSR count). The van der Waals surface area contributed by atoms with Crippen LogP contribution >= 0.6 is 0 Å². The molecule has 573 valence electrons. The summed E-state index contributed by atoms with van der Waals surface area (Å²) in [5, 5.41) is 93.5. The number of carbonyl (C=O) groups is 14. The molecule has 0 aromatic heterocycles. The first kappa shape index (κ1) is 94.7. The van der Waals surface area contributed by atoms with Crippen molar-refractivity contribution >= 4 is 83.3 Å². The number of ether oxygens (including phenoxy) is 13. The van der Waals surface area contributed by atoms with Gasteiger partial charge in [-0.1, -0.05) is 0 Å². The number of amides is 4. The number of carbonyl (C=O) groups excluding carboxylic acids is 5. The fourth-order valence-electron chi connectivity index (χ4n) is 8.31. The predicted molar refractivity (Wildman–Crippen MR) is 328 cm³/mol. The van der Waals surface area contributed by atoms with E-state index in [1.807, 2.05) is 0 Å². The summed E-state index contributed by atoms with van der Waals surface area (Å²) in [4.78, 5) is 169. The van der Waals surface area contributed by atoms with Crippen molar-refractivity contribution in [1.82, 2.24) is 21.3 Å². The Labute approximate surface area is 586 Å². The number of hydrogen-bond donors (Lipinski definition) is 13. The Hall–Kier alpha value is -7.32. The van der Waals surface area contributed by atoms with E-state index < -0.39 is 288 Å². The van der Waals surface area contributed by atoms with E-state index in [1.54, 1.807) is 0 Å². The van der Waals surface area contributed by atoms with Crippen molar-refractivity contribution in [3.05, 3.63) is 0 Å². The van der Waals surface area contributed by atoms with Crippen LogP contribution in [0.5, 0.6) is 0 Å². The molecule has 100 heavy (non-hydrogen) atoms. The van der Waals surface area contributed by atoms with Gasteiger partial charge in [0.05, 0.1) is 223 Å². The summed E-state index contributed by atoms with van der Waals surface area (Å²) in [6.07, 6.45) is -7.36. The predicted octanol–water partition coefficient (Wildman–Crippen LogP) is -1.73. The van der Waals surface area contributed by atoms with Gasteiger partial charge in [0.2, 0.25) is 17.7 Å². The van der Waals surface area contributed by atoms with Gasteiger partial charge in [-0.05, 0) is 6.42 Å². The second kappa shape index (κ2) is 56.3. The molecule has 4 amide bonds. The second-order valence-electron chi connectivity index (χ2n) is 22.4. The molecular formula is C59H96N4O36V. The van der Waals surface area contributed by atoms with Crippen molar-refractivity contribution in [2.24, 2.45) is 5.41 Å². The van der Waals surface area contributed by atoms with Crippen LogP contribution in [-0.4, -0.2) is 318 Å². The third-order valence-electron chi connectivity index (χ3n) is 13.1. The number of ketones is 1. The van der Waals surface area contributed by atoms with Gasteiger partial charge in [0.25, 0.3) is 0 Å². The van der Waals surface area contributed by atoms with Crippen molar-refractivity contribution in [2.75, 3.05) is 172 Å². The number of nitrogens with one attached hydrogen (secondary N) is 4. The summed E-state index contributed by atoms with van der Waals surface area (Å²) < 4.78 is 72.9. The van der Waals surface area contributed by atoms with E-state index in [0.717, 1.165) is 7.11 Å². The second-order valence-corrected chi connectivity index (χ2v) is 22.4. The van der Waals surface area contributed by atoms with Gasteiger partial charge in [0, 0.05) is 62.6 Å². The van der Waals surface area contributed by atoms with Gasteiger partial charge in [0.15, 0.2) is 0 Å². The number of carboxylic acids is 9. The molecule has 13 N–H and O–H groups in total. The van der Waals surface area contributed by atoms with Crippen molar-refractivity contribution in [3.63, 3.8) is 0 Å². The largest absolute Gasteiger partial charge is 0.481 e. The number of methoxy groups -OCH3 is 1. The fourth-order valence-corrected chi connectivity index (χ4v) is 8.31. The molecule has 0 atom stereocenters. The van der Waals surface area contributed by atoms with Gasteiger partial charge >= 0.3 is 59.8 Å². The number of hydrogen-bond acceptors (Lipinski definition) is 27. The van der Waals surface area contributed by atoms with Gasteiger partial charge < -0.3 is 129 Å².